The molecule has 1 saturated carbocycles. The van der Waals surface area contributed by atoms with Crippen LogP contribution in [0.2, 0.25) is 0 Å². The van der Waals surface area contributed by atoms with E-state index in [0.29, 0.717) is 37.3 Å². The van der Waals surface area contributed by atoms with Crippen LogP contribution in [-0.4, -0.2) is 118 Å². The molecule has 2 aromatic heterocycles. The van der Waals surface area contributed by atoms with Gasteiger partial charge in [-0.25, -0.2) is 15.0 Å². The SMILES string of the molecule is Nc1ncnc2c1ncn2[C@@H]1C[C@H](C(=O)NCCC(=O)N2CCNCCNCCNCC2)[C@@H](O)[C@H]1O.[CH3-].[U+3]. The summed E-state index contributed by atoms with van der Waals surface area (Å²) in [6.07, 6.45) is 0.682. The third-order valence-electron chi connectivity index (χ3n) is 6.80. The molecule has 3 heterocycles. The number of carbonyl (C=O) groups excluding carboxylic acids is 2. The second-order valence-corrected chi connectivity index (χ2v) is 9.15. The smallest absolute Gasteiger partial charge is 0.390 e. The number of aromatic nitrogens is 4. The van der Waals surface area contributed by atoms with Gasteiger partial charge in [0.1, 0.15) is 17.9 Å². The molecule has 38 heavy (non-hydrogen) atoms. The Labute approximate surface area is 246 Å². The largest absolute Gasteiger partial charge is 3.00 e. The fourth-order valence-electron chi connectivity index (χ4n) is 4.76. The minimum Gasteiger partial charge on any atom is -0.390 e. The number of imidazole rings is 1. The predicted molar refractivity (Wildman–Crippen MR) is 138 cm³/mol. The van der Waals surface area contributed by atoms with Crippen molar-refractivity contribution in [2.24, 2.45) is 5.92 Å². The monoisotopic (exact) mass is 757 g/mol. The molecule has 0 spiro atoms. The van der Waals surface area contributed by atoms with Gasteiger partial charge in [0.25, 0.3) is 0 Å². The molecule has 2 aromatic rings. The van der Waals surface area contributed by atoms with E-state index in [4.69, 9.17) is 5.73 Å². The fraction of sp³-hybridized carbons (Fsp3) is 0.652. The first-order valence-electron chi connectivity index (χ1n) is 12.4. The number of amides is 2. The van der Waals surface area contributed by atoms with Gasteiger partial charge < -0.3 is 54.1 Å². The number of aliphatic hydroxyl groups is 2. The molecule has 1 aliphatic heterocycles. The Kier molecular flexibility index (Phi) is 13.3. The Balaban J connectivity index is 0.00000253. The topological polar surface area (TPSA) is 196 Å². The third-order valence-corrected chi connectivity index (χ3v) is 6.80. The Morgan fingerprint density at radius 1 is 1.00 bits per heavy atom. The van der Waals surface area contributed by atoms with Crippen molar-refractivity contribution in [2.75, 3.05) is 64.6 Å². The number of nitrogens with two attached hydrogens (primary N) is 1. The molecule has 2 fully saturated rings. The summed E-state index contributed by atoms with van der Waals surface area (Å²) in [5, 5.41) is 34.0. The molecular weight excluding hydrogens is 718 g/mol. The first-order valence-corrected chi connectivity index (χ1v) is 12.4. The molecule has 14 nitrogen and oxygen atoms in total. The molecule has 2 aliphatic rings. The van der Waals surface area contributed by atoms with E-state index in [1.807, 2.05) is 0 Å². The molecular formula is C23H39N10O4U+2. The van der Waals surface area contributed by atoms with Crippen LogP contribution in [0.5, 0.6) is 0 Å². The number of nitrogens with one attached hydrogen (secondary N) is 4. The molecule has 1 radical (unpaired) electrons. The van der Waals surface area contributed by atoms with Crippen LogP contribution < -0.4 is 27.0 Å². The van der Waals surface area contributed by atoms with Crippen LogP contribution in [0.3, 0.4) is 0 Å². The number of nitrogen functional groups attached to an aromatic ring is 1. The van der Waals surface area contributed by atoms with Gasteiger partial charge in [-0.05, 0) is 6.42 Å². The van der Waals surface area contributed by atoms with Gasteiger partial charge in [-0.15, -0.1) is 0 Å². The molecule has 15 heteroatoms. The van der Waals surface area contributed by atoms with E-state index in [0.717, 1.165) is 26.2 Å². The number of hydrogen-bond acceptors (Lipinski definition) is 11. The second kappa shape index (κ2) is 15.7. The molecule has 4 atom stereocenters. The van der Waals surface area contributed by atoms with Crippen LogP contribution in [0.4, 0.5) is 5.82 Å². The summed E-state index contributed by atoms with van der Waals surface area (Å²) in [5.41, 5.74) is 6.66. The number of nitrogens with zero attached hydrogens (tertiary/aromatic N) is 5. The first kappa shape index (κ1) is 32.4. The van der Waals surface area contributed by atoms with Crippen molar-refractivity contribution in [3.05, 3.63) is 20.1 Å². The van der Waals surface area contributed by atoms with Gasteiger partial charge in [-0.2, -0.15) is 0 Å². The van der Waals surface area contributed by atoms with Crippen molar-refractivity contribution in [2.45, 2.75) is 31.1 Å². The molecule has 207 valence electrons. The van der Waals surface area contributed by atoms with Gasteiger partial charge in [-0.3, -0.25) is 9.59 Å². The minimum atomic E-state index is -1.26. The van der Waals surface area contributed by atoms with Crippen molar-refractivity contribution < 1.29 is 50.9 Å². The van der Waals surface area contributed by atoms with E-state index >= 15 is 0 Å². The molecule has 1 aliphatic carbocycles. The zero-order valence-electron chi connectivity index (χ0n) is 21.8. The van der Waals surface area contributed by atoms with Crippen LogP contribution in [0.15, 0.2) is 12.7 Å². The van der Waals surface area contributed by atoms with Crippen molar-refractivity contribution in [1.82, 2.24) is 45.7 Å². The predicted octanol–water partition coefficient (Wildman–Crippen LogP) is -2.74. The first-order chi connectivity index (χ1) is 17.5. The number of carbonyl (C=O) groups is 2. The number of rotatable bonds is 5. The Morgan fingerprint density at radius 2 is 1.63 bits per heavy atom. The van der Waals surface area contributed by atoms with E-state index in [1.54, 1.807) is 9.47 Å². The van der Waals surface area contributed by atoms with Crippen molar-refractivity contribution in [3.63, 3.8) is 0 Å². The zero-order valence-corrected chi connectivity index (χ0v) is 25.9. The van der Waals surface area contributed by atoms with Crippen LogP contribution in [-0.2, 0) is 9.59 Å². The quantitative estimate of drug-likeness (QED) is 0.157. The average Bonchev–Trinajstić information content (AvgIpc) is 3.41. The van der Waals surface area contributed by atoms with E-state index < -0.39 is 30.1 Å². The van der Waals surface area contributed by atoms with Crippen LogP contribution in [0.25, 0.3) is 11.2 Å². The van der Waals surface area contributed by atoms with Crippen molar-refractivity contribution >= 4 is 28.8 Å². The average molecular weight is 758 g/mol. The van der Waals surface area contributed by atoms with Gasteiger partial charge in [0, 0.05) is 65.3 Å². The third kappa shape index (κ3) is 7.84. The van der Waals surface area contributed by atoms with Gasteiger partial charge in [-0.1, -0.05) is 0 Å². The summed E-state index contributed by atoms with van der Waals surface area (Å²) in [4.78, 5) is 39.7. The normalized spacial score (nSPS) is 24.9. The zero-order chi connectivity index (χ0) is 25.5. The summed E-state index contributed by atoms with van der Waals surface area (Å²) >= 11 is 0. The maximum Gasteiger partial charge on any atom is 3.00 e. The van der Waals surface area contributed by atoms with E-state index in [9.17, 15) is 19.8 Å². The number of fused-ring (bicyclic) bond motifs is 1. The fourth-order valence-corrected chi connectivity index (χ4v) is 4.76. The van der Waals surface area contributed by atoms with Crippen molar-refractivity contribution in [1.29, 1.82) is 0 Å². The standard InChI is InChI=1S/C22H36N10O4.CH3.U/c23-20-17-21(29-12-28-20)32(13-30-17)15-11-14(18(34)19(15)35)22(36)27-2-1-16(33)31-9-7-25-5-3-24-4-6-26-8-10-31;;/h12-15,18-19,24-26,34-35H,1-11H2,(H,27,36)(H2,23,28,29);1H3;/q;-1;+3/t14-,15+,18+,19-;;/m0../s1. The van der Waals surface area contributed by atoms with Crippen LogP contribution in [0, 0.1) is 44.5 Å². The van der Waals surface area contributed by atoms with E-state index in [-0.39, 0.29) is 69.7 Å². The Morgan fingerprint density at radius 3 is 2.29 bits per heavy atom. The summed E-state index contributed by atoms with van der Waals surface area (Å²) in [6.45, 7) is 6.17. The maximum atomic E-state index is 12.8. The summed E-state index contributed by atoms with van der Waals surface area (Å²) in [5.74, 6) is -1.06. The summed E-state index contributed by atoms with van der Waals surface area (Å²) < 4.78 is 1.62. The van der Waals surface area contributed by atoms with Crippen LogP contribution in [0.1, 0.15) is 18.9 Å². The summed E-state index contributed by atoms with van der Waals surface area (Å²) in [6, 6.07) is -0.603. The molecule has 8 N–H and O–H groups in total. The van der Waals surface area contributed by atoms with Gasteiger partial charge in [0.2, 0.25) is 11.8 Å². The van der Waals surface area contributed by atoms with Crippen LogP contribution >= 0.6 is 0 Å². The number of anilines is 1. The Hall–Kier alpha value is -1.86. The molecule has 0 aromatic carbocycles. The van der Waals surface area contributed by atoms with E-state index in [1.165, 1.54) is 12.7 Å². The molecule has 2 amide bonds. The number of hydrogen-bond donors (Lipinski definition) is 7. The maximum absolute atomic E-state index is 12.8. The Bertz CT molecular complexity index is 1030. The molecule has 0 bridgehead atoms. The summed E-state index contributed by atoms with van der Waals surface area (Å²) in [7, 11) is 0. The van der Waals surface area contributed by atoms with Gasteiger partial charge in [0.15, 0.2) is 11.5 Å². The van der Waals surface area contributed by atoms with E-state index in [2.05, 4.69) is 36.2 Å². The molecule has 0 unspecified atom stereocenters. The van der Waals surface area contributed by atoms with Gasteiger partial charge in [0.05, 0.1) is 24.4 Å². The second-order valence-electron chi connectivity index (χ2n) is 9.15. The molecule has 4 rings (SSSR count). The minimum absolute atomic E-state index is 0. The van der Waals surface area contributed by atoms with Gasteiger partial charge >= 0.3 is 31.1 Å². The van der Waals surface area contributed by atoms with Crippen molar-refractivity contribution in [3.8, 4) is 0 Å². The molecule has 1 saturated heterocycles. The number of aliphatic hydroxyl groups excluding tert-OH is 2.